The molecular weight excluding hydrogens is 356 g/mol. The molecule has 6 nitrogen and oxygen atoms in total. The second-order valence-electron chi connectivity index (χ2n) is 6.81. The molecule has 6 heteroatoms. The molecule has 1 aliphatic heterocycles. The van der Waals surface area contributed by atoms with E-state index in [2.05, 4.69) is 10.1 Å². The molecule has 0 unspecified atom stereocenters. The largest absolute Gasteiger partial charge is 0.465 e. The van der Waals surface area contributed by atoms with E-state index in [0.717, 1.165) is 38.8 Å². The van der Waals surface area contributed by atoms with Gasteiger partial charge in [-0.1, -0.05) is 18.9 Å². The van der Waals surface area contributed by atoms with Crippen molar-refractivity contribution >= 4 is 23.5 Å². The highest BCUT2D eigenvalue weighted by Crippen LogP contribution is 2.16. The minimum atomic E-state index is -0.433. The van der Waals surface area contributed by atoms with Crippen LogP contribution in [0.4, 0.5) is 5.69 Å². The standard InChI is InChI=1S/C22H24N2O4/c1-28-22(27)16-9-11-19(12-10-16)23-20(25)17-7-6-8-18(15-17)21(26)24-13-4-2-3-5-14-24/h6-12,15H,2-5,13-14H2,1H3,(H,23,25). The first kappa shape index (κ1) is 19.6. The first-order chi connectivity index (χ1) is 13.6. The van der Waals surface area contributed by atoms with Crippen LogP contribution in [0.2, 0.25) is 0 Å². The second kappa shape index (κ2) is 9.17. The van der Waals surface area contributed by atoms with E-state index in [1.165, 1.54) is 7.11 Å². The minimum Gasteiger partial charge on any atom is -0.465 e. The summed E-state index contributed by atoms with van der Waals surface area (Å²) < 4.78 is 4.66. The Bertz CT molecular complexity index is 853. The van der Waals surface area contributed by atoms with Crippen molar-refractivity contribution in [3.05, 3.63) is 65.2 Å². The first-order valence-corrected chi connectivity index (χ1v) is 9.47. The van der Waals surface area contributed by atoms with Crippen LogP contribution in [0.15, 0.2) is 48.5 Å². The van der Waals surface area contributed by atoms with E-state index in [1.807, 2.05) is 4.90 Å². The van der Waals surface area contributed by atoms with Crippen LogP contribution in [-0.2, 0) is 4.74 Å². The fourth-order valence-corrected chi connectivity index (χ4v) is 3.26. The molecule has 0 aliphatic carbocycles. The Hall–Kier alpha value is -3.15. The van der Waals surface area contributed by atoms with Gasteiger partial charge in [-0.2, -0.15) is 0 Å². The minimum absolute atomic E-state index is 0.0287. The van der Waals surface area contributed by atoms with Crippen LogP contribution in [0.25, 0.3) is 0 Å². The molecule has 0 saturated carbocycles. The lowest BCUT2D eigenvalue weighted by Crippen LogP contribution is -2.32. The second-order valence-corrected chi connectivity index (χ2v) is 6.81. The van der Waals surface area contributed by atoms with Crippen LogP contribution in [0.5, 0.6) is 0 Å². The molecule has 28 heavy (non-hydrogen) atoms. The normalized spacial score (nSPS) is 14.1. The highest BCUT2D eigenvalue weighted by atomic mass is 16.5. The van der Waals surface area contributed by atoms with Crippen molar-refractivity contribution in [2.75, 3.05) is 25.5 Å². The van der Waals surface area contributed by atoms with Gasteiger partial charge in [-0.15, -0.1) is 0 Å². The topological polar surface area (TPSA) is 75.7 Å². The van der Waals surface area contributed by atoms with Gasteiger partial charge in [-0.05, 0) is 55.3 Å². The monoisotopic (exact) mass is 380 g/mol. The van der Waals surface area contributed by atoms with Crippen LogP contribution in [0.1, 0.15) is 56.8 Å². The van der Waals surface area contributed by atoms with Gasteiger partial charge in [0.1, 0.15) is 0 Å². The molecule has 1 heterocycles. The van der Waals surface area contributed by atoms with Gasteiger partial charge >= 0.3 is 5.97 Å². The fourth-order valence-electron chi connectivity index (χ4n) is 3.26. The Balaban J connectivity index is 1.69. The van der Waals surface area contributed by atoms with Crippen molar-refractivity contribution < 1.29 is 19.1 Å². The zero-order chi connectivity index (χ0) is 19.9. The number of carbonyl (C=O) groups is 3. The maximum atomic E-state index is 12.8. The van der Waals surface area contributed by atoms with Crippen LogP contribution < -0.4 is 5.32 Å². The van der Waals surface area contributed by atoms with E-state index in [0.29, 0.717) is 22.4 Å². The number of anilines is 1. The Kier molecular flexibility index (Phi) is 6.42. The van der Waals surface area contributed by atoms with Gasteiger partial charge in [0, 0.05) is 29.9 Å². The number of amides is 2. The van der Waals surface area contributed by atoms with Crippen molar-refractivity contribution in [3.63, 3.8) is 0 Å². The average molecular weight is 380 g/mol. The summed E-state index contributed by atoms with van der Waals surface area (Å²) in [7, 11) is 1.32. The molecule has 2 amide bonds. The zero-order valence-corrected chi connectivity index (χ0v) is 15.9. The molecule has 1 aliphatic rings. The summed E-state index contributed by atoms with van der Waals surface area (Å²) in [5, 5.41) is 2.78. The Labute approximate surface area is 164 Å². The quantitative estimate of drug-likeness (QED) is 0.820. The van der Waals surface area contributed by atoms with Gasteiger partial charge in [0.25, 0.3) is 11.8 Å². The van der Waals surface area contributed by atoms with Crippen molar-refractivity contribution in [2.45, 2.75) is 25.7 Å². The SMILES string of the molecule is COC(=O)c1ccc(NC(=O)c2cccc(C(=O)N3CCCCCC3)c2)cc1. The lowest BCUT2D eigenvalue weighted by molar-refractivity contribution is 0.0600. The number of rotatable bonds is 4. The molecular formula is C22H24N2O4. The van der Waals surface area contributed by atoms with Gasteiger partial charge in [-0.25, -0.2) is 4.79 Å². The van der Waals surface area contributed by atoms with Crippen molar-refractivity contribution in [1.82, 2.24) is 4.90 Å². The van der Waals surface area contributed by atoms with E-state index in [4.69, 9.17) is 0 Å². The Morgan fingerprint density at radius 3 is 2.14 bits per heavy atom. The summed E-state index contributed by atoms with van der Waals surface area (Å²) in [6.07, 6.45) is 4.35. The molecule has 1 saturated heterocycles. The maximum Gasteiger partial charge on any atom is 0.337 e. The summed E-state index contributed by atoms with van der Waals surface area (Å²) in [6, 6.07) is 13.2. The van der Waals surface area contributed by atoms with Crippen LogP contribution in [-0.4, -0.2) is 42.9 Å². The van der Waals surface area contributed by atoms with Gasteiger partial charge in [-0.3, -0.25) is 9.59 Å². The van der Waals surface area contributed by atoms with E-state index in [9.17, 15) is 14.4 Å². The predicted molar refractivity (Wildman–Crippen MR) is 107 cm³/mol. The molecule has 2 aromatic rings. The number of nitrogens with one attached hydrogen (secondary N) is 1. The number of likely N-dealkylation sites (tertiary alicyclic amines) is 1. The number of nitrogens with zero attached hydrogens (tertiary/aromatic N) is 1. The highest BCUT2D eigenvalue weighted by Gasteiger charge is 2.18. The van der Waals surface area contributed by atoms with Crippen molar-refractivity contribution in [3.8, 4) is 0 Å². The van der Waals surface area contributed by atoms with Gasteiger partial charge in [0.15, 0.2) is 0 Å². The smallest absolute Gasteiger partial charge is 0.337 e. The Morgan fingerprint density at radius 2 is 1.50 bits per heavy atom. The third kappa shape index (κ3) is 4.76. The number of hydrogen-bond donors (Lipinski definition) is 1. The Morgan fingerprint density at radius 1 is 0.857 bits per heavy atom. The summed E-state index contributed by atoms with van der Waals surface area (Å²) in [6.45, 7) is 1.53. The molecule has 0 spiro atoms. The van der Waals surface area contributed by atoms with Crippen molar-refractivity contribution in [2.24, 2.45) is 0 Å². The lowest BCUT2D eigenvalue weighted by Gasteiger charge is -2.20. The summed E-state index contributed by atoms with van der Waals surface area (Å²) in [5.74, 6) is -0.770. The van der Waals surface area contributed by atoms with E-state index in [-0.39, 0.29) is 11.8 Å². The average Bonchev–Trinajstić information content (AvgIpc) is 3.03. The number of benzene rings is 2. The van der Waals surface area contributed by atoms with Crippen LogP contribution in [0, 0.1) is 0 Å². The van der Waals surface area contributed by atoms with Crippen LogP contribution >= 0.6 is 0 Å². The number of esters is 1. The molecule has 0 bridgehead atoms. The molecule has 0 aromatic heterocycles. The molecule has 0 radical (unpaired) electrons. The molecule has 1 N–H and O–H groups in total. The van der Waals surface area contributed by atoms with Crippen LogP contribution in [0.3, 0.4) is 0 Å². The first-order valence-electron chi connectivity index (χ1n) is 9.47. The molecule has 146 valence electrons. The van der Waals surface area contributed by atoms with Gasteiger partial charge in [0.2, 0.25) is 0 Å². The molecule has 0 atom stereocenters. The third-order valence-electron chi connectivity index (χ3n) is 4.83. The zero-order valence-electron chi connectivity index (χ0n) is 15.9. The molecule has 3 rings (SSSR count). The predicted octanol–water partition coefficient (Wildman–Crippen LogP) is 3.74. The number of methoxy groups -OCH3 is 1. The van der Waals surface area contributed by atoms with E-state index in [1.54, 1.807) is 48.5 Å². The fraction of sp³-hybridized carbons (Fsp3) is 0.318. The summed E-state index contributed by atoms with van der Waals surface area (Å²) in [5.41, 5.74) is 1.90. The van der Waals surface area contributed by atoms with Gasteiger partial charge in [0.05, 0.1) is 12.7 Å². The molecule has 2 aromatic carbocycles. The van der Waals surface area contributed by atoms with E-state index >= 15 is 0 Å². The molecule has 1 fully saturated rings. The highest BCUT2D eigenvalue weighted by molar-refractivity contribution is 6.06. The number of ether oxygens (including phenoxy) is 1. The maximum absolute atomic E-state index is 12.8. The number of carbonyl (C=O) groups excluding carboxylic acids is 3. The van der Waals surface area contributed by atoms with Crippen molar-refractivity contribution in [1.29, 1.82) is 0 Å². The summed E-state index contributed by atoms with van der Waals surface area (Å²) >= 11 is 0. The van der Waals surface area contributed by atoms with E-state index < -0.39 is 5.97 Å². The summed E-state index contributed by atoms with van der Waals surface area (Å²) in [4.78, 5) is 38.7. The lowest BCUT2D eigenvalue weighted by atomic mass is 10.1. The third-order valence-corrected chi connectivity index (χ3v) is 4.83. The van der Waals surface area contributed by atoms with Gasteiger partial charge < -0.3 is 15.0 Å². The number of hydrogen-bond acceptors (Lipinski definition) is 4.